The van der Waals surface area contributed by atoms with Gasteiger partial charge >= 0.3 is 0 Å². The highest BCUT2D eigenvalue weighted by atomic mass is 16.1. The maximum Gasteiger partial charge on any atom is 0.221 e. The number of rotatable bonds is 5. The lowest BCUT2D eigenvalue weighted by Crippen LogP contribution is -2.31. The minimum Gasteiger partial charge on any atom is -0.385 e. The Balaban J connectivity index is 2.28. The lowest BCUT2D eigenvalue weighted by Gasteiger charge is -2.09. The van der Waals surface area contributed by atoms with E-state index >= 15 is 0 Å². The summed E-state index contributed by atoms with van der Waals surface area (Å²) in [5.41, 5.74) is 2.29. The van der Waals surface area contributed by atoms with E-state index < -0.39 is 0 Å². The Hall–Kier alpha value is -1.51. The van der Waals surface area contributed by atoms with E-state index in [0.717, 1.165) is 5.69 Å². The molecule has 1 amide bonds. The van der Waals surface area contributed by atoms with Crippen LogP contribution in [0.1, 0.15) is 25.8 Å². The van der Waals surface area contributed by atoms with Gasteiger partial charge in [0.05, 0.1) is 0 Å². The topological polar surface area (TPSA) is 41.1 Å². The molecule has 0 bridgehead atoms. The summed E-state index contributed by atoms with van der Waals surface area (Å²) in [6.45, 7) is 6.65. The molecule has 0 aliphatic rings. The molecule has 2 N–H and O–H groups in total. The van der Waals surface area contributed by atoms with Gasteiger partial charge in [-0.3, -0.25) is 4.79 Å². The zero-order chi connectivity index (χ0) is 12.0. The van der Waals surface area contributed by atoms with Crippen molar-refractivity contribution in [3.05, 3.63) is 29.8 Å². The summed E-state index contributed by atoms with van der Waals surface area (Å²) in [4.78, 5) is 11.4. The number of carbonyl (C=O) groups is 1. The van der Waals surface area contributed by atoms with Crippen LogP contribution >= 0.6 is 0 Å². The van der Waals surface area contributed by atoms with Gasteiger partial charge < -0.3 is 10.6 Å². The first kappa shape index (κ1) is 12.6. The lowest BCUT2D eigenvalue weighted by molar-refractivity contribution is -0.121. The van der Waals surface area contributed by atoms with Crippen LogP contribution in [0.15, 0.2) is 24.3 Å². The van der Waals surface area contributed by atoms with E-state index in [1.54, 1.807) is 0 Å². The third-order valence-electron chi connectivity index (χ3n) is 2.15. The zero-order valence-electron chi connectivity index (χ0n) is 10.2. The Morgan fingerprint density at radius 2 is 2.12 bits per heavy atom. The summed E-state index contributed by atoms with van der Waals surface area (Å²) in [7, 11) is 0. The molecule has 3 heteroatoms. The summed E-state index contributed by atoms with van der Waals surface area (Å²) in [5.74, 6) is 0.0927. The normalized spacial score (nSPS) is 10.2. The average Bonchev–Trinajstić information content (AvgIpc) is 2.16. The second-order valence-electron chi connectivity index (χ2n) is 4.27. The van der Waals surface area contributed by atoms with Crippen molar-refractivity contribution in [1.82, 2.24) is 5.32 Å². The number of hydrogen-bond donors (Lipinski definition) is 2. The molecule has 0 saturated heterocycles. The molecule has 1 aromatic rings. The van der Waals surface area contributed by atoms with Crippen molar-refractivity contribution < 1.29 is 4.79 Å². The molecule has 16 heavy (non-hydrogen) atoms. The fourth-order valence-electron chi connectivity index (χ4n) is 1.47. The minimum absolute atomic E-state index is 0.0927. The van der Waals surface area contributed by atoms with Crippen molar-refractivity contribution in [3.63, 3.8) is 0 Å². The molecule has 0 atom stereocenters. The predicted molar refractivity (Wildman–Crippen MR) is 67.6 cm³/mol. The minimum atomic E-state index is 0.0927. The summed E-state index contributed by atoms with van der Waals surface area (Å²) >= 11 is 0. The van der Waals surface area contributed by atoms with Gasteiger partial charge in [0.25, 0.3) is 0 Å². The van der Waals surface area contributed by atoms with E-state index in [0.29, 0.717) is 13.0 Å². The van der Waals surface area contributed by atoms with Crippen LogP contribution in [0.4, 0.5) is 5.69 Å². The van der Waals surface area contributed by atoms with Crippen molar-refractivity contribution >= 4 is 11.6 Å². The molecular formula is C13H20N2O. The van der Waals surface area contributed by atoms with E-state index in [4.69, 9.17) is 0 Å². The lowest BCUT2D eigenvalue weighted by atomic mass is 10.2. The standard InChI is InChI=1S/C13H20N2O/c1-10(2)15-13(16)7-8-14-12-6-4-5-11(3)9-12/h4-6,9-10,14H,7-8H2,1-3H3,(H,15,16). The van der Waals surface area contributed by atoms with Gasteiger partial charge in [0.1, 0.15) is 0 Å². The molecule has 1 rings (SSSR count). The monoisotopic (exact) mass is 220 g/mol. The van der Waals surface area contributed by atoms with Gasteiger partial charge in [0.2, 0.25) is 5.91 Å². The maximum atomic E-state index is 11.4. The van der Waals surface area contributed by atoms with E-state index in [2.05, 4.69) is 29.7 Å². The van der Waals surface area contributed by atoms with Crippen molar-refractivity contribution in [3.8, 4) is 0 Å². The van der Waals surface area contributed by atoms with Crippen LogP contribution in [-0.2, 0) is 4.79 Å². The molecule has 0 unspecified atom stereocenters. The van der Waals surface area contributed by atoms with E-state index in [1.165, 1.54) is 5.56 Å². The molecule has 0 heterocycles. The highest BCUT2D eigenvalue weighted by molar-refractivity contribution is 5.76. The number of benzene rings is 1. The first-order valence-electron chi connectivity index (χ1n) is 5.68. The predicted octanol–water partition coefficient (Wildman–Crippen LogP) is 2.32. The van der Waals surface area contributed by atoms with Gasteiger partial charge in [-0.15, -0.1) is 0 Å². The largest absolute Gasteiger partial charge is 0.385 e. The Morgan fingerprint density at radius 3 is 2.75 bits per heavy atom. The number of carbonyl (C=O) groups excluding carboxylic acids is 1. The Bertz CT molecular complexity index is 348. The van der Waals surface area contributed by atoms with Crippen molar-refractivity contribution in [2.45, 2.75) is 33.2 Å². The van der Waals surface area contributed by atoms with E-state index in [9.17, 15) is 4.79 Å². The van der Waals surface area contributed by atoms with Gasteiger partial charge in [-0.1, -0.05) is 12.1 Å². The molecule has 0 aliphatic carbocycles. The highest BCUT2D eigenvalue weighted by Crippen LogP contribution is 2.08. The van der Waals surface area contributed by atoms with Crippen LogP contribution < -0.4 is 10.6 Å². The Kier molecular flexibility index (Phi) is 4.83. The van der Waals surface area contributed by atoms with Gasteiger partial charge in [0, 0.05) is 24.7 Å². The fraction of sp³-hybridized carbons (Fsp3) is 0.462. The molecule has 1 aromatic carbocycles. The van der Waals surface area contributed by atoms with Gasteiger partial charge in [0.15, 0.2) is 0 Å². The van der Waals surface area contributed by atoms with Crippen LogP contribution in [0.25, 0.3) is 0 Å². The molecule has 0 radical (unpaired) electrons. The smallest absolute Gasteiger partial charge is 0.221 e. The molecule has 0 spiro atoms. The summed E-state index contributed by atoms with van der Waals surface area (Å²) in [6.07, 6.45) is 0.506. The third kappa shape index (κ3) is 4.82. The zero-order valence-corrected chi connectivity index (χ0v) is 10.2. The van der Waals surface area contributed by atoms with Crippen LogP contribution in [0.2, 0.25) is 0 Å². The molecule has 0 fully saturated rings. The number of amides is 1. The molecule has 3 nitrogen and oxygen atoms in total. The number of aryl methyl sites for hydroxylation is 1. The maximum absolute atomic E-state index is 11.4. The summed E-state index contributed by atoms with van der Waals surface area (Å²) in [5, 5.41) is 6.09. The number of hydrogen-bond acceptors (Lipinski definition) is 2. The van der Waals surface area contributed by atoms with E-state index in [1.807, 2.05) is 26.0 Å². The summed E-state index contributed by atoms with van der Waals surface area (Å²) in [6, 6.07) is 8.35. The van der Waals surface area contributed by atoms with Crippen LogP contribution in [0.5, 0.6) is 0 Å². The first-order valence-corrected chi connectivity index (χ1v) is 5.68. The van der Waals surface area contributed by atoms with Gasteiger partial charge in [-0.05, 0) is 38.5 Å². The molecule has 0 saturated carbocycles. The third-order valence-corrected chi connectivity index (χ3v) is 2.15. The van der Waals surface area contributed by atoms with E-state index in [-0.39, 0.29) is 11.9 Å². The Morgan fingerprint density at radius 1 is 1.38 bits per heavy atom. The fourth-order valence-corrected chi connectivity index (χ4v) is 1.47. The second-order valence-corrected chi connectivity index (χ2v) is 4.27. The van der Waals surface area contributed by atoms with Crippen molar-refractivity contribution in [1.29, 1.82) is 0 Å². The Labute approximate surface area is 97.2 Å². The second kappa shape index (κ2) is 6.16. The SMILES string of the molecule is Cc1cccc(NCCC(=O)NC(C)C)c1. The quantitative estimate of drug-likeness (QED) is 0.799. The van der Waals surface area contributed by atoms with Gasteiger partial charge in [-0.2, -0.15) is 0 Å². The molecule has 0 aromatic heterocycles. The first-order chi connectivity index (χ1) is 7.58. The van der Waals surface area contributed by atoms with Gasteiger partial charge in [-0.25, -0.2) is 0 Å². The van der Waals surface area contributed by atoms with Crippen LogP contribution in [0, 0.1) is 6.92 Å². The average molecular weight is 220 g/mol. The van der Waals surface area contributed by atoms with Crippen molar-refractivity contribution in [2.75, 3.05) is 11.9 Å². The molecular weight excluding hydrogens is 200 g/mol. The van der Waals surface area contributed by atoms with Crippen LogP contribution in [0.3, 0.4) is 0 Å². The number of anilines is 1. The summed E-state index contributed by atoms with van der Waals surface area (Å²) < 4.78 is 0. The molecule has 0 aliphatic heterocycles. The highest BCUT2D eigenvalue weighted by Gasteiger charge is 2.02. The van der Waals surface area contributed by atoms with Crippen molar-refractivity contribution in [2.24, 2.45) is 0 Å². The molecule has 88 valence electrons. The number of nitrogens with one attached hydrogen (secondary N) is 2. The van der Waals surface area contributed by atoms with Crippen LogP contribution in [-0.4, -0.2) is 18.5 Å².